The van der Waals surface area contributed by atoms with Gasteiger partial charge in [0.05, 0.1) is 5.56 Å². The first kappa shape index (κ1) is 19.6. The molecule has 0 aliphatic heterocycles. The molecule has 0 saturated carbocycles. The van der Waals surface area contributed by atoms with Gasteiger partial charge in [0.15, 0.2) is 0 Å². The van der Waals surface area contributed by atoms with Crippen LogP contribution in [0, 0.1) is 6.92 Å². The predicted molar refractivity (Wildman–Crippen MR) is 113 cm³/mol. The fourth-order valence-corrected chi connectivity index (χ4v) is 4.50. The van der Waals surface area contributed by atoms with E-state index in [0.29, 0.717) is 11.3 Å². The fourth-order valence-electron chi connectivity index (χ4n) is 3.46. The molecule has 29 heavy (non-hydrogen) atoms. The van der Waals surface area contributed by atoms with E-state index in [1.54, 1.807) is 17.8 Å². The maximum Gasteiger partial charge on any atom is 0.416 e. The van der Waals surface area contributed by atoms with E-state index in [0.717, 1.165) is 28.4 Å². The first-order valence-electron chi connectivity index (χ1n) is 9.32. The number of aromatic nitrogens is 1. The molecule has 4 aromatic rings. The van der Waals surface area contributed by atoms with Crippen LogP contribution < -0.4 is 0 Å². The Hall–Kier alpha value is -2.66. The SMILES string of the molecule is Cc1cccc(Cn2cc(SCc3cccc(C(F)(F)F)c3)c3ccccc32)c1. The van der Waals surface area contributed by atoms with Gasteiger partial charge in [0.25, 0.3) is 0 Å². The second-order valence-electron chi connectivity index (χ2n) is 7.11. The van der Waals surface area contributed by atoms with Crippen molar-refractivity contribution in [1.82, 2.24) is 4.57 Å². The van der Waals surface area contributed by atoms with Crippen LogP contribution in [0.4, 0.5) is 13.2 Å². The Kier molecular flexibility index (Phi) is 5.41. The minimum absolute atomic E-state index is 0.488. The summed E-state index contributed by atoms with van der Waals surface area (Å²) in [6.07, 6.45) is -2.21. The summed E-state index contributed by atoms with van der Waals surface area (Å²) >= 11 is 1.57. The van der Waals surface area contributed by atoms with Gasteiger partial charge in [-0.25, -0.2) is 0 Å². The van der Waals surface area contributed by atoms with Crippen molar-refractivity contribution < 1.29 is 13.2 Å². The Labute approximate surface area is 172 Å². The third-order valence-corrected chi connectivity index (χ3v) is 5.95. The monoisotopic (exact) mass is 411 g/mol. The molecule has 0 N–H and O–H groups in total. The van der Waals surface area contributed by atoms with Crippen LogP contribution >= 0.6 is 11.8 Å². The Morgan fingerprint density at radius 3 is 2.41 bits per heavy atom. The topological polar surface area (TPSA) is 4.93 Å². The molecule has 4 rings (SSSR count). The Morgan fingerprint density at radius 2 is 1.62 bits per heavy atom. The van der Waals surface area contributed by atoms with E-state index < -0.39 is 11.7 Å². The number of nitrogens with zero attached hydrogens (tertiary/aromatic N) is 1. The van der Waals surface area contributed by atoms with Gasteiger partial charge < -0.3 is 4.57 Å². The standard InChI is InChI=1S/C24H20F3NS/c1-17-6-4-7-18(12-17)14-28-15-23(21-10-2-3-11-22(21)28)29-16-19-8-5-9-20(13-19)24(25,26)27/h2-13,15H,14,16H2,1H3. The van der Waals surface area contributed by atoms with Crippen molar-refractivity contribution in [3.8, 4) is 0 Å². The molecule has 0 fully saturated rings. The molecule has 0 aliphatic rings. The number of rotatable bonds is 5. The van der Waals surface area contributed by atoms with Gasteiger partial charge in [-0.1, -0.05) is 66.2 Å². The number of thioether (sulfide) groups is 1. The molecular formula is C24H20F3NS. The highest BCUT2D eigenvalue weighted by Gasteiger charge is 2.30. The van der Waals surface area contributed by atoms with Crippen LogP contribution in [0.15, 0.2) is 83.9 Å². The van der Waals surface area contributed by atoms with E-state index in [2.05, 4.69) is 54.1 Å². The molecule has 148 valence electrons. The number of aryl methyl sites for hydroxylation is 1. The van der Waals surface area contributed by atoms with Gasteiger partial charge in [0.2, 0.25) is 0 Å². The summed E-state index contributed by atoms with van der Waals surface area (Å²) in [5.41, 5.74) is 3.64. The maximum atomic E-state index is 13.0. The van der Waals surface area contributed by atoms with Crippen LogP contribution in [-0.2, 0) is 18.5 Å². The molecule has 0 saturated heterocycles. The quantitative estimate of drug-likeness (QED) is 0.312. The zero-order chi connectivity index (χ0) is 20.4. The minimum atomic E-state index is -4.31. The summed E-state index contributed by atoms with van der Waals surface area (Å²) < 4.78 is 41.1. The number of fused-ring (bicyclic) bond motifs is 1. The van der Waals surface area contributed by atoms with Crippen LogP contribution in [0.5, 0.6) is 0 Å². The van der Waals surface area contributed by atoms with Crippen LogP contribution in [-0.4, -0.2) is 4.57 Å². The van der Waals surface area contributed by atoms with E-state index in [9.17, 15) is 13.2 Å². The van der Waals surface area contributed by atoms with Crippen LogP contribution in [0.1, 0.15) is 22.3 Å². The Morgan fingerprint density at radius 1 is 0.862 bits per heavy atom. The number of hydrogen-bond donors (Lipinski definition) is 0. The molecule has 1 nitrogen and oxygen atoms in total. The molecule has 0 spiro atoms. The van der Waals surface area contributed by atoms with Crippen LogP contribution in [0.25, 0.3) is 10.9 Å². The molecule has 3 aromatic carbocycles. The second-order valence-corrected chi connectivity index (χ2v) is 8.13. The summed E-state index contributed by atoms with van der Waals surface area (Å²) in [5.74, 6) is 0.488. The average Bonchev–Trinajstić information content (AvgIpc) is 3.04. The normalized spacial score (nSPS) is 11.9. The maximum absolute atomic E-state index is 13.0. The molecule has 0 radical (unpaired) electrons. The number of benzene rings is 3. The van der Waals surface area contributed by atoms with Crippen molar-refractivity contribution in [3.63, 3.8) is 0 Å². The first-order chi connectivity index (χ1) is 13.9. The zero-order valence-corrected chi connectivity index (χ0v) is 16.7. The second kappa shape index (κ2) is 7.99. The van der Waals surface area contributed by atoms with Gasteiger partial charge in [-0.2, -0.15) is 13.2 Å². The van der Waals surface area contributed by atoms with E-state index in [1.807, 2.05) is 12.1 Å². The summed E-state index contributed by atoms with van der Waals surface area (Å²) in [4.78, 5) is 1.07. The third-order valence-electron chi connectivity index (χ3n) is 4.84. The van der Waals surface area contributed by atoms with E-state index >= 15 is 0 Å². The predicted octanol–water partition coefficient (Wildman–Crippen LogP) is 7.31. The molecule has 0 bridgehead atoms. The Bertz CT molecular complexity index is 1140. The lowest BCUT2D eigenvalue weighted by molar-refractivity contribution is -0.137. The van der Waals surface area contributed by atoms with Crippen molar-refractivity contribution in [2.45, 2.75) is 30.3 Å². The molecule has 1 heterocycles. The fraction of sp³-hybridized carbons (Fsp3) is 0.167. The van der Waals surface area contributed by atoms with Gasteiger partial charge in [0.1, 0.15) is 0 Å². The van der Waals surface area contributed by atoms with E-state index in [-0.39, 0.29) is 0 Å². The first-order valence-corrected chi connectivity index (χ1v) is 10.3. The van der Waals surface area contributed by atoms with Gasteiger partial charge in [-0.05, 0) is 30.2 Å². The molecular weight excluding hydrogens is 391 g/mol. The molecule has 5 heteroatoms. The third kappa shape index (κ3) is 4.51. The molecule has 0 unspecified atom stereocenters. The minimum Gasteiger partial charge on any atom is -0.342 e. The summed E-state index contributed by atoms with van der Waals surface area (Å²) in [6.45, 7) is 2.83. The molecule has 1 aromatic heterocycles. The number of para-hydroxylation sites is 1. The van der Waals surface area contributed by atoms with Crippen molar-refractivity contribution in [1.29, 1.82) is 0 Å². The van der Waals surface area contributed by atoms with Crippen molar-refractivity contribution in [2.75, 3.05) is 0 Å². The van der Waals surface area contributed by atoms with E-state index in [1.165, 1.54) is 23.3 Å². The average molecular weight is 411 g/mol. The summed E-state index contributed by atoms with van der Waals surface area (Å²) in [7, 11) is 0. The van der Waals surface area contributed by atoms with E-state index in [4.69, 9.17) is 0 Å². The van der Waals surface area contributed by atoms with Gasteiger partial charge in [0, 0.05) is 34.3 Å². The van der Waals surface area contributed by atoms with Gasteiger partial charge in [-0.15, -0.1) is 11.8 Å². The highest BCUT2D eigenvalue weighted by molar-refractivity contribution is 7.98. The van der Waals surface area contributed by atoms with Gasteiger partial charge in [-0.3, -0.25) is 0 Å². The largest absolute Gasteiger partial charge is 0.416 e. The van der Waals surface area contributed by atoms with Crippen molar-refractivity contribution >= 4 is 22.7 Å². The van der Waals surface area contributed by atoms with Crippen LogP contribution in [0.2, 0.25) is 0 Å². The number of alkyl halides is 3. The molecule has 0 aliphatic carbocycles. The number of hydrogen-bond acceptors (Lipinski definition) is 1. The number of halogens is 3. The highest BCUT2D eigenvalue weighted by Crippen LogP contribution is 2.34. The molecule has 0 amide bonds. The summed E-state index contributed by atoms with van der Waals surface area (Å²) in [6, 6.07) is 22.1. The lowest BCUT2D eigenvalue weighted by atomic mass is 10.1. The smallest absolute Gasteiger partial charge is 0.342 e. The molecule has 0 atom stereocenters. The van der Waals surface area contributed by atoms with Crippen molar-refractivity contribution in [3.05, 3.63) is 101 Å². The highest BCUT2D eigenvalue weighted by atomic mass is 32.2. The van der Waals surface area contributed by atoms with Gasteiger partial charge >= 0.3 is 6.18 Å². The zero-order valence-electron chi connectivity index (χ0n) is 15.9. The lowest BCUT2D eigenvalue weighted by Crippen LogP contribution is -2.04. The Balaban J connectivity index is 1.60. The van der Waals surface area contributed by atoms with Crippen LogP contribution in [0.3, 0.4) is 0 Å². The lowest BCUT2D eigenvalue weighted by Gasteiger charge is -2.08. The van der Waals surface area contributed by atoms with Crippen molar-refractivity contribution in [2.24, 2.45) is 0 Å². The summed E-state index contributed by atoms with van der Waals surface area (Å²) in [5, 5.41) is 1.12.